The third kappa shape index (κ3) is 14.2. The van der Waals surface area contributed by atoms with Crippen molar-refractivity contribution in [2.24, 2.45) is 0 Å². The molecule has 0 bridgehead atoms. The third-order valence-corrected chi connectivity index (χ3v) is 2.28. The summed E-state index contributed by atoms with van der Waals surface area (Å²) in [5.74, 6) is 0. The molecule has 3 nitrogen and oxygen atoms in total. The Balaban J connectivity index is 2.93. The summed E-state index contributed by atoms with van der Waals surface area (Å²) < 4.78 is 5.52. The average molecular weight is 248 g/mol. The third-order valence-electron chi connectivity index (χ3n) is 2.10. The van der Waals surface area contributed by atoms with Crippen LogP contribution in [0.15, 0.2) is 0 Å². The van der Waals surface area contributed by atoms with Crippen LogP contribution in [-0.4, -0.2) is 44.1 Å². The molecule has 0 spiro atoms. The van der Waals surface area contributed by atoms with E-state index in [0.29, 0.717) is 11.3 Å². The quantitative estimate of drug-likeness (QED) is 0.384. The van der Waals surface area contributed by atoms with Crippen molar-refractivity contribution in [2.45, 2.75) is 44.9 Å². The first-order chi connectivity index (χ1) is 7.63. The van der Waals surface area contributed by atoms with E-state index in [-0.39, 0.29) is 0 Å². The summed E-state index contributed by atoms with van der Waals surface area (Å²) in [6, 6.07) is 0.576. The van der Waals surface area contributed by atoms with Crippen LogP contribution in [0.5, 0.6) is 0 Å². The highest BCUT2D eigenvalue weighted by Gasteiger charge is 1.94. The van der Waals surface area contributed by atoms with Crippen LogP contribution < -0.4 is 10.6 Å². The molecule has 0 amide bonds. The summed E-state index contributed by atoms with van der Waals surface area (Å²) in [6.45, 7) is 11.2. The normalized spacial score (nSPS) is 13.3. The smallest absolute Gasteiger partial charge is 0.0478 e. The summed E-state index contributed by atoms with van der Waals surface area (Å²) in [5.41, 5.74) is 0. The molecule has 1 atom stereocenters. The largest absolute Gasteiger partial charge is 0.381 e. The molecule has 4 heteroatoms. The molecular formula is C12H28N2OS. The summed E-state index contributed by atoms with van der Waals surface area (Å²) in [5, 5.41) is 7.13. The highest BCUT2D eigenvalue weighted by atomic mass is 32.1. The van der Waals surface area contributed by atoms with Gasteiger partial charge in [-0.1, -0.05) is 20.8 Å². The molecule has 0 aromatic carbocycles. The van der Waals surface area contributed by atoms with Gasteiger partial charge in [0.05, 0.1) is 0 Å². The van der Waals surface area contributed by atoms with Gasteiger partial charge in [0.25, 0.3) is 0 Å². The van der Waals surface area contributed by atoms with E-state index in [1.807, 2.05) is 0 Å². The van der Waals surface area contributed by atoms with E-state index < -0.39 is 0 Å². The second kappa shape index (κ2) is 11.7. The minimum atomic E-state index is 0.433. The predicted molar refractivity (Wildman–Crippen MR) is 74.5 cm³/mol. The lowest BCUT2D eigenvalue weighted by atomic mass is 10.3. The molecule has 0 fully saturated rings. The van der Waals surface area contributed by atoms with Gasteiger partial charge in [0, 0.05) is 31.1 Å². The van der Waals surface area contributed by atoms with E-state index in [4.69, 9.17) is 4.74 Å². The van der Waals surface area contributed by atoms with Crippen LogP contribution in [-0.2, 0) is 4.74 Å². The second-order valence-corrected chi connectivity index (χ2v) is 5.36. The topological polar surface area (TPSA) is 33.3 Å². The Kier molecular flexibility index (Phi) is 11.9. The standard InChI is InChI=1S/C12H28N2OS/c1-11(2)14-7-5-9-15-8-4-6-13-10-12(3)16/h11-14,16H,4-10H2,1-3H3. The van der Waals surface area contributed by atoms with Crippen molar-refractivity contribution < 1.29 is 4.74 Å². The first-order valence-electron chi connectivity index (χ1n) is 6.33. The highest BCUT2D eigenvalue weighted by molar-refractivity contribution is 7.80. The second-order valence-electron chi connectivity index (χ2n) is 4.48. The molecule has 0 aliphatic carbocycles. The Hall–Kier alpha value is 0.230. The molecule has 0 saturated carbocycles. The fourth-order valence-corrected chi connectivity index (χ4v) is 1.41. The van der Waals surface area contributed by atoms with Crippen molar-refractivity contribution >= 4 is 12.6 Å². The number of hydrogen-bond acceptors (Lipinski definition) is 4. The van der Waals surface area contributed by atoms with Crippen LogP contribution in [0.1, 0.15) is 33.6 Å². The van der Waals surface area contributed by atoms with Crippen LogP contribution >= 0.6 is 12.6 Å². The van der Waals surface area contributed by atoms with Crippen molar-refractivity contribution in [1.29, 1.82) is 0 Å². The van der Waals surface area contributed by atoms with Crippen LogP contribution in [0.3, 0.4) is 0 Å². The minimum Gasteiger partial charge on any atom is -0.381 e. The van der Waals surface area contributed by atoms with Gasteiger partial charge < -0.3 is 15.4 Å². The van der Waals surface area contributed by atoms with Crippen LogP contribution in [0, 0.1) is 0 Å². The maximum Gasteiger partial charge on any atom is 0.0478 e. The Morgan fingerprint density at radius 2 is 1.69 bits per heavy atom. The van der Waals surface area contributed by atoms with E-state index in [1.54, 1.807) is 0 Å². The first-order valence-corrected chi connectivity index (χ1v) is 6.84. The van der Waals surface area contributed by atoms with Crippen molar-refractivity contribution in [3.63, 3.8) is 0 Å². The molecule has 0 aromatic rings. The number of nitrogens with one attached hydrogen (secondary N) is 2. The van der Waals surface area contributed by atoms with Gasteiger partial charge in [0.2, 0.25) is 0 Å². The zero-order chi connectivity index (χ0) is 12.2. The van der Waals surface area contributed by atoms with E-state index in [1.165, 1.54) is 0 Å². The Morgan fingerprint density at radius 3 is 2.25 bits per heavy atom. The molecule has 0 aliphatic heterocycles. The summed E-state index contributed by atoms with van der Waals surface area (Å²) >= 11 is 4.30. The van der Waals surface area contributed by atoms with Crippen LogP contribution in [0.2, 0.25) is 0 Å². The molecule has 98 valence electrons. The van der Waals surface area contributed by atoms with E-state index in [9.17, 15) is 0 Å². The van der Waals surface area contributed by atoms with Crippen LogP contribution in [0.25, 0.3) is 0 Å². The monoisotopic (exact) mass is 248 g/mol. The summed E-state index contributed by atoms with van der Waals surface area (Å²) in [6.07, 6.45) is 2.18. The van der Waals surface area contributed by atoms with Crippen molar-refractivity contribution in [3.05, 3.63) is 0 Å². The predicted octanol–water partition coefficient (Wildman–Crippen LogP) is 1.69. The Labute approximate surface area is 106 Å². The zero-order valence-electron chi connectivity index (χ0n) is 11.0. The number of hydrogen-bond donors (Lipinski definition) is 3. The molecule has 1 unspecified atom stereocenters. The van der Waals surface area contributed by atoms with Gasteiger partial charge in [-0.05, 0) is 25.9 Å². The maximum absolute atomic E-state index is 5.52. The number of thiol groups is 1. The van der Waals surface area contributed by atoms with Gasteiger partial charge in [-0.25, -0.2) is 0 Å². The van der Waals surface area contributed by atoms with Crippen molar-refractivity contribution in [1.82, 2.24) is 10.6 Å². The molecule has 0 saturated heterocycles. The van der Waals surface area contributed by atoms with E-state index in [2.05, 4.69) is 44.0 Å². The van der Waals surface area contributed by atoms with E-state index in [0.717, 1.165) is 45.7 Å². The Bertz CT molecular complexity index is 127. The molecule has 0 radical (unpaired) electrons. The summed E-state index contributed by atoms with van der Waals surface area (Å²) in [7, 11) is 0. The fraction of sp³-hybridized carbons (Fsp3) is 1.00. The zero-order valence-corrected chi connectivity index (χ0v) is 11.9. The van der Waals surface area contributed by atoms with Crippen molar-refractivity contribution in [2.75, 3.05) is 32.8 Å². The highest BCUT2D eigenvalue weighted by Crippen LogP contribution is 1.89. The minimum absolute atomic E-state index is 0.433. The lowest BCUT2D eigenvalue weighted by Crippen LogP contribution is -2.25. The van der Waals surface area contributed by atoms with Gasteiger partial charge in [-0.2, -0.15) is 12.6 Å². The lowest BCUT2D eigenvalue weighted by molar-refractivity contribution is 0.129. The first kappa shape index (κ1) is 16.2. The molecule has 2 N–H and O–H groups in total. The van der Waals surface area contributed by atoms with Crippen LogP contribution in [0.4, 0.5) is 0 Å². The van der Waals surface area contributed by atoms with Gasteiger partial charge >= 0.3 is 0 Å². The SMILES string of the molecule is CC(S)CNCCCOCCCNC(C)C. The molecular weight excluding hydrogens is 220 g/mol. The van der Waals surface area contributed by atoms with Gasteiger partial charge in [-0.15, -0.1) is 0 Å². The summed E-state index contributed by atoms with van der Waals surface area (Å²) in [4.78, 5) is 0. The maximum atomic E-state index is 5.52. The average Bonchev–Trinajstić information content (AvgIpc) is 2.20. The molecule has 16 heavy (non-hydrogen) atoms. The lowest BCUT2D eigenvalue weighted by Gasteiger charge is -2.09. The number of ether oxygens (including phenoxy) is 1. The molecule has 0 rings (SSSR count). The van der Waals surface area contributed by atoms with Gasteiger partial charge in [0.1, 0.15) is 0 Å². The van der Waals surface area contributed by atoms with Crippen molar-refractivity contribution in [3.8, 4) is 0 Å². The van der Waals surface area contributed by atoms with Gasteiger partial charge in [-0.3, -0.25) is 0 Å². The number of rotatable bonds is 11. The molecule has 0 aliphatic rings. The van der Waals surface area contributed by atoms with Gasteiger partial charge in [0.15, 0.2) is 0 Å². The Morgan fingerprint density at radius 1 is 1.06 bits per heavy atom. The molecule has 0 heterocycles. The van der Waals surface area contributed by atoms with E-state index >= 15 is 0 Å². The fourth-order valence-electron chi connectivity index (χ4n) is 1.28. The molecule has 0 aromatic heterocycles.